The van der Waals surface area contributed by atoms with Gasteiger partial charge in [0.1, 0.15) is 0 Å². The van der Waals surface area contributed by atoms with Gasteiger partial charge in [0.05, 0.1) is 0 Å². The van der Waals surface area contributed by atoms with Crippen LogP contribution in [0.1, 0.15) is 12.0 Å². The Hall–Kier alpha value is -3.46. The van der Waals surface area contributed by atoms with Gasteiger partial charge >= 0.3 is 5.69 Å². The summed E-state index contributed by atoms with van der Waals surface area (Å²) < 4.78 is 7.27. The van der Waals surface area contributed by atoms with E-state index in [1.807, 2.05) is 51.4 Å². The van der Waals surface area contributed by atoms with Gasteiger partial charge in [-0.1, -0.05) is 58.4 Å². The molecule has 5 rings (SSSR count). The van der Waals surface area contributed by atoms with E-state index in [4.69, 9.17) is 0 Å². The number of hydrogen-bond acceptors (Lipinski definition) is 4. The van der Waals surface area contributed by atoms with Gasteiger partial charge in [0.15, 0.2) is 17.0 Å². The first-order chi connectivity index (χ1) is 15.5. The zero-order valence-corrected chi connectivity index (χ0v) is 19.3. The van der Waals surface area contributed by atoms with Gasteiger partial charge in [0.25, 0.3) is 5.56 Å². The molecule has 0 aliphatic rings. The summed E-state index contributed by atoms with van der Waals surface area (Å²) in [6, 6.07) is 17.9. The molecule has 0 aliphatic carbocycles. The van der Waals surface area contributed by atoms with Gasteiger partial charge in [-0.05, 0) is 30.5 Å². The fourth-order valence-electron chi connectivity index (χ4n) is 4.14. The number of fused-ring (bicyclic) bond motifs is 3. The lowest BCUT2D eigenvalue weighted by Crippen LogP contribution is -2.37. The molecule has 0 atom stereocenters. The molecule has 0 amide bonds. The summed E-state index contributed by atoms with van der Waals surface area (Å²) in [5, 5.41) is 8.83. The summed E-state index contributed by atoms with van der Waals surface area (Å²) in [4.78, 5) is 25.9. The Morgan fingerprint density at radius 1 is 0.906 bits per heavy atom. The first-order valence-corrected chi connectivity index (χ1v) is 11.1. The Kier molecular flexibility index (Phi) is 5.05. The van der Waals surface area contributed by atoms with Crippen LogP contribution in [0.25, 0.3) is 28.3 Å². The van der Waals surface area contributed by atoms with Crippen LogP contribution in [-0.4, -0.2) is 28.3 Å². The molecule has 3 aromatic heterocycles. The molecule has 2 aromatic carbocycles. The summed E-state index contributed by atoms with van der Waals surface area (Å²) in [6.45, 7) is 0.577. The summed E-state index contributed by atoms with van der Waals surface area (Å²) >= 11 is 3.45. The third-order valence-electron chi connectivity index (χ3n) is 5.77. The first kappa shape index (κ1) is 20.4. The van der Waals surface area contributed by atoms with Crippen LogP contribution in [0.15, 0.2) is 68.7 Å². The average Bonchev–Trinajstić information content (AvgIpc) is 3.36. The summed E-state index contributed by atoms with van der Waals surface area (Å²) in [6.07, 6.45) is 1.68. The minimum atomic E-state index is -0.388. The summed E-state index contributed by atoms with van der Waals surface area (Å²) in [5.74, 6) is 1.13. The molecular formula is C23H21BrN6O2. The van der Waals surface area contributed by atoms with Gasteiger partial charge in [-0.25, -0.2) is 9.20 Å². The van der Waals surface area contributed by atoms with Gasteiger partial charge in [0, 0.05) is 30.7 Å². The van der Waals surface area contributed by atoms with E-state index in [0.29, 0.717) is 29.3 Å². The molecule has 5 aromatic rings. The first-order valence-electron chi connectivity index (χ1n) is 10.3. The second kappa shape index (κ2) is 7.90. The fourth-order valence-corrected chi connectivity index (χ4v) is 4.40. The molecule has 0 radical (unpaired) electrons. The highest BCUT2D eigenvalue weighted by Crippen LogP contribution is 2.25. The van der Waals surface area contributed by atoms with Gasteiger partial charge in [-0.2, -0.15) is 0 Å². The molecule has 32 heavy (non-hydrogen) atoms. The number of benzene rings is 2. The normalized spacial score (nSPS) is 11.6. The number of imidazole rings is 1. The smallest absolute Gasteiger partial charge is 0.302 e. The highest BCUT2D eigenvalue weighted by atomic mass is 79.9. The van der Waals surface area contributed by atoms with Crippen molar-refractivity contribution in [3.63, 3.8) is 0 Å². The zero-order chi connectivity index (χ0) is 22.4. The van der Waals surface area contributed by atoms with Crippen molar-refractivity contribution < 1.29 is 0 Å². The summed E-state index contributed by atoms with van der Waals surface area (Å²) in [5.41, 5.74) is 2.30. The SMILES string of the molecule is Cn1c(=O)c2c(n(C)c1=O)n1c(-c3ccc(Br)cc3)nnc1n2CCCc1ccccc1. The maximum absolute atomic E-state index is 13.2. The molecule has 0 saturated heterocycles. The Morgan fingerprint density at radius 2 is 1.62 bits per heavy atom. The largest absolute Gasteiger partial charge is 0.332 e. The summed E-state index contributed by atoms with van der Waals surface area (Å²) in [7, 11) is 3.17. The van der Waals surface area contributed by atoms with Crippen molar-refractivity contribution >= 4 is 32.9 Å². The van der Waals surface area contributed by atoms with Gasteiger partial charge < -0.3 is 4.57 Å². The van der Waals surface area contributed by atoms with Crippen molar-refractivity contribution in [3.8, 4) is 11.4 Å². The number of nitrogens with zero attached hydrogens (tertiary/aromatic N) is 6. The van der Waals surface area contributed by atoms with E-state index in [0.717, 1.165) is 27.4 Å². The number of aryl methyl sites for hydroxylation is 3. The Labute approximate surface area is 191 Å². The van der Waals surface area contributed by atoms with E-state index in [2.05, 4.69) is 38.3 Å². The molecule has 0 aliphatic heterocycles. The second-order valence-electron chi connectivity index (χ2n) is 7.78. The fraction of sp³-hybridized carbons (Fsp3) is 0.217. The van der Waals surface area contributed by atoms with Crippen LogP contribution >= 0.6 is 15.9 Å². The van der Waals surface area contributed by atoms with Crippen LogP contribution in [0, 0.1) is 0 Å². The minimum absolute atomic E-state index is 0.338. The van der Waals surface area contributed by atoms with Crippen LogP contribution in [-0.2, 0) is 27.1 Å². The molecule has 162 valence electrons. The Balaban J connectivity index is 1.72. The highest BCUT2D eigenvalue weighted by Gasteiger charge is 2.23. The molecule has 0 bridgehead atoms. The lowest BCUT2D eigenvalue weighted by molar-refractivity contribution is 0.656. The molecule has 0 fully saturated rings. The number of halogens is 1. The lowest BCUT2D eigenvalue weighted by atomic mass is 10.1. The molecule has 8 nitrogen and oxygen atoms in total. The van der Waals surface area contributed by atoms with Gasteiger partial charge in [-0.15, -0.1) is 10.2 Å². The van der Waals surface area contributed by atoms with Crippen LogP contribution < -0.4 is 11.2 Å². The number of hydrogen-bond donors (Lipinski definition) is 0. The molecule has 0 saturated carbocycles. The van der Waals surface area contributed by atoms with E-state index >= 15 is 0 Å². The molecule has 9 heteroatoms. The number of rotatable bonds is 5. The van der Waals surface area contributed by atoms with Crippen LogP contribution in [0.2, 0.25) is 0 Å². The average molecular weight is 493 g/mol. The van der Waals surface area contributed by atoms with Crippen molar-refractivity contribution in [2.75, 3.05) is 0 Å². The maximum atomic E-state index is 13.2. The lowest BCUT2D eigenvalue weighted by Gasteiger charge is -2.08. The standard InChI is InChI=1S/C23H21BrN6O2/c1-27-20-18(21(31)28(2)23(27)32)29(14-6-9-15-7-4-3-5-8-15)22-26-25-19(30(20)22)16-10-12-17(24)13-11-16/h3-5,7-8,10-13H,6,9,14H2,1-2H3. The zero-order valence-electron chi connectivity index (χ0n) is 17.7. The quantitative estimate of drug-likeness (QED) is 0.377. The topological polar surface area (TPSA) is 79.1 Å². The van der Waals surface area contributed by atoms with Crippen LogP contribution in [0.5, 0.6) is 0 Å². The third-order valence-corrected chi connectivity index (χ3v) is 6.30. The van der Waals surface area contributed by atoms with Crippen LogP contribution in [0.4, 0.5) is 0 Å². The predicted molar refractivity (Wildman–Crippen MR) is 127 cm³/mol. The van der Waals surface area contributed by atoms with Crippen molar-refractivity contribution in [2.45, 2.75) is 19.4 Å². The van der Waals surface area contributed by atoms with E-state index < -0.39 is 0 Å². The van der Waals surface area contributed by atoms with Crippen molar-refractivity contribution in [1.82, 2.24) is 28.3 Å². The molecule has 3 heterocycles. The van der Waals surface area contributed by atoms with E-state index in [1.165, 1.54) is 17.2 Å². The third kappa shape index (κ3) is 3.20. The molecule has 0 unspecified atom stereocenters. The second-order valence-corrected chi connectivity index (χ2v) is 8.70. The Morgan fingerprint density at radius 3 is 2.34 bits per heavy atom. The van der Waals surface area contributed by atoms with Crippen LogP contribution in [0.3, 0.4) is 0 Å². The van der Waals surface area contributed by atoms with E-state index in [9.17, 15) is 9.59 Å². The maximum Gasteiger partial charge on any atom is 0.332 e. The number of aromatic nitrogens is 6. The van der Waals surface area contributed by atoms with Gasteiger partial charge in [-0.3, -0.25) is 13.9 Å². The monoisotopic (exact) mass is 492 g/mol. The predicted octanol–water partition coefficient (Wildman–Crippen LogP) is 3.14. The van der Waals surface area contributed by atoms with Crippen molar-refractivity contribution in [2.24, 2.45) is 14.1 Å². The van der Waals surface area contributed by atoms with Gasteiger partial charge in [0.2, 0.25) is 5.78 Å². The van der Waals surface area contributed by atoms with Crippen molar-refractivity contribution in [3.05, 3.63) is 85.5 Å². The molecule has 0 spiro atoms. The van der Waals surface area contributed by atoms with E-state index in [1.54, 1.807) is 7.05 Å². The minimum Gasteiger partial charge on any atom is -0.302 e. The molecule has 0 N–H and O–H groups in total. The Bertz CT molecular complexity index is 1560. The molecular weight excluding hydrogens is 472 g/mol. The van der Waals surface area contributed by atoms with Crippen molar-refractivity contribution in [1.29, 1.82) is 0 Å². The van der Waals surface area contributed by atoms with E-state index in [-0.39, 0.29) is 11.2 Å². The highest BCUT2D eigenvalue weighted by molar-refractivity contribution is 9.10.